The van der Waals surface area contributed by atoms with Crippen LogP contribution in [-0.2, 0) is 16.1 Å². The first-order valence-electron chi connectivity index (χ1n) is 10.7. The van der Waals surface area contributed by atoms with Gasteiger partial charge < -0.3 is 20.1 Å². The van der Waals surface area contributed by atoms with Gasteiger partial charge in [0, 0.05) is 12.2 Å². The van der Waals surface area contributed by atoms with Gasteiger partial charge in [0.1, 0.15) is 5.75 Å². The van der Waals surface area contributed by atoms with E-state index in [1.165, 1.54) is 5.56 Å². The number of nitrogens with zero attached hydrogens (tertiary/aromatic N) is 1. The maximum absolute atomic E-state index is 12.5. The molecular formula is C27H26N2O5. The van der Waals surface area contributed by atoms with Gasteiger partial charge in [-0.1, -0.05) is 72.3 Å². The highest BCUT2D eigenvalue weighted by Gasteiger charge is 2.26. The lowest BCUT2D eigenvalue weighted by Crippen LogP contribution is -2.24. The molecule has 0 atom stereocenters. The number of ether oxygens (including phenoxy) is 1. The van der Waals surface area contributed by atoms with Crippen LogP contribution >= 0.6 is 0 Å². The quantitative estimate of drug-likeness (QED) is 0.320. The lowest BCUT2D eigenvalue weighted by molar-refractivity contribution is -0.139. The number of hydrogen-bond acceptors (Lipinski definition) is 4. The number of nitrogens with two attached hydrogens (primary N) is 1. The van der Waals surface area contributed by atoms with E-state index in [0.29, 0.717) is 23.1 Å². The Kier molecular flexibility index (Phi) is 7.82. The largest absolute Gasteiger partial charge is 0.481 e. The number of aryl methyl sites for hydroxylation is 1. The second-order valence-electron chi connectivity index (χ2n) is 7.71. The summed E-state index contributed by atoms with van der Waals surface area (Å²) in [5, 5.41) is 9.28. The van der Waals surface area contributed by atoms with Crippen molar-refractivity contribution in [2.24, 2.45) is 5.73 Å². The van der Waals surface area contributed by atoms with Gasteiger partial charge in [-0.25, -0.2) is 4.79 Å². The van der Waals surface area contributed by atoms with Gasteiger partial charge in [0.15, 0.2) is 6.61 Å². The standard InChI is InChI=1S/C20H18N2O5.C7H8/c1-12-17(19(25)20(21)26)18-14(8-5-9-15(18)27-11-16(23)24)22(12)10-13-6-3-2-4-7-13;1-7-5-3-2-4-6-7/h2-9H,10-11H2,1H3,(H2,21,26)(H,23,24);2-6H,1H3. The van der Waals surface area contributed by atoms with E-state index in [0.717, 1.165) is 5.56 Å². The SMILES string of the molecule is Cc1c(C(=O)C(N)=O)c2c(OCC(=O)O)cccc2n1Cc1ccccc1.Cc1ccccc1. The number of carboxylic acid groups (broad SMARTS) is 1. The topological polar surface area (TPSA) is 112 Å². The Labute approximate surface area is 197 Å². The van der Waals surface area contributed by atoms with Crippen LogP contribution in [0.25, 0.3) is 10.9 Å². The number of carboxylic acids is 1. The van der Waals surface area contributed by atoms with Crippen LogP contribution in [-0.4, -0.2) is 33.9 Å². The maximum Gasteiger partial charge on any atom is 0.341 e. The Morgan fingerprint density at radius 2 is 1.50 bits per heavy atom. The van der Waals surface area contributed by atoms with Crippen LogP contribution in [0.5, 0.6) is 5.75 Å². The summed E-state index contributed by atoms with van der Waals surface area (Å²) < 4.78 is 7.24. The van der Waals surface area contributed by atoms with E-state index in [2.05, 4.69) is 19.1 Å². The summed E-state index contributed by atoms with van der Waals surface area (Å²) in [5.74, 6) is -2.84. The van der Waals surface area contributed by atoms with Gasteiger partial charge in [0.05, 0.1) is 16.5 Å². The maximum atomic E-state index is 12.5. The highest BCUT2D eigenvalue weighted by molar-refractivity contribution is 6.45. The number of fused-ring (bicyclic) bond motifs is 1. The summed E-state index contributed by atoms with van der Waals surface area (Å²) in [6.45, 7) is 3.71. The van der Waals surface area contributed by atoms with E-state index in [4.69, 9.17) is 15.6 Å². The predicted octanol–water partition coefficient (Wildman–Crippen LogP) is 4.12. The second-order valence-corrected chi connectivity index (χ2v) is 7.71. The van der Waals surface area contributed by atoms with E-state index in [-0.39, 0.29) is 11.3 Å². The average molecular weight is 459 g/mol. The molecule has 0 aliphatic carbocycles. The lowest BCUT2D eigenvalue weighted by Gasteiger charge is -2.09. The number of Topliss-reactive ketones (excluding diaryl/α,β-unsaturated/α-hetero) is 1. The molecule has 0 aliphatic rings. The van der Waals surface area contributed by atoms with Crippen molar-refractivity contribution >= 4 is 28.6 Å². The van der Waals surface area contributed by atoms with Crippen molar-refractivity contribution in [3.63, 3.8) is 0 Å². The average Bonchev–Trinajstić information content (AvgIpc) is 3.10. The van der Waals surface area contributed by atoms with E-state index in [9.17, 15) is 14.4 Å². The molecule has 7 heteroatoms. The van der Waals surface area contributed by atoms with Crippen LogP contribution in [0.4, 0.5) is 0 Å². The zero-order valence-corrected chi connectivity index (χ0v) is 19.0. The third-order valence-corrected chi connectivity index (χ3v) is 5.24. The number of rotatable bonds is 7. The molecule has 4 aromatic rings. The summed E-state index contributed by atoms with van der Waals surface area (Å²) in [6.07, 6.45) is 0. The molecule has 1 aromatic heterocycles. The first kappa shape index (κ1) is 24.3. The van der Waals surface area contributed by atoms with Crippen LogP contribution in [0.15, 0.2) is 78.9 Å². The number of carbonyl (C=O) groups excluding carboxylic acids is 2. The fourth-order valence-electron chi connectivity index (χ4n) is 3.66. The number of benzene rings is 3. The van der Waals surface area contributed by atoms with E-state index >= 15 is 0 Å². The number of ketones is 1. The van der Waals surface area contributed by atoms with Crippen molar-refractivity contribution in [2.75, 3.05) is 6.61 Å². The Hall–Kier alpha value is -4.39. The van der Waals surface area contributed by atoms with Crippen molar-refractivity contribution in [3.8, 4) is 5.75 Å². The van der Waals surface area contributed by atoms with Crippen molar-refractivity contribution in [2.45, 2.75) is 20.4 Å². The van der Waals surface area contributed by atoms with Gasteiger partial charge in [0.2, 0.25) is 0 Å². The molecule has 34 heavy (non-hydrogen) atoms. The molecule has 0 aliphatic heterocycles. The molecule has 4 rings (SSSR count). The number of primary amides is 1. The molecular weight excluding hydrogens is 432 g/mol. The van der Waals surface area contributed by atoms with Crippen LogP contribution in [0, 0.1) is 13.8 Å². The summed E-state index contributed by atoms with van der Waals surface area (Å²) >= 11 is 0. The minimum absolute atomic E-state index is 0.134. The minimum Gasteiger partial charge on any atom is -0.481 e. The third kappa shape index (κ3) is 5.69. The number of aromatic nitrogens is 1. The van der Waals surface area contributed by atoms with Gasteiger partial charge in [0.25, 0.3) is 11.7 Å². The Bertz CT molecular complexity index is 1310. The fraction of sp³-hybridized carbons (Fsp3) is 0.148. The molecule has 3 aromatic carbocycles. The Morgan fingerprint density at radius 1 is 0.882 bits per heavy atom. The molecule has 1 heterocycles. The molecule has 0 fully saturated rings. The fourth-order valence-corrected chi connectivity index (χ4v) is 3.66. The van der Waals surface area contributed by atoms with E-state index < -0.39 is 24.3 Å². The summed E-state index contributed by atoms with van der Waals surface area (Å²) in [6, 6.07) is 24.9. The molecule has 0 bridgehead atoms. The zero-order valence-electron chi connectivity index (χ0n) is 19.0. The highest BCUT2D eigenvalue weighted by Crippen LogP contribution is 2.34. The van der Waals surface area contributed by atoms with E-state index in [1.54, 1.807) is 25.1 Å². The van der Waals surface area contributed by atoms with Crippen LogP contribution < -0.4 is 10.5 Å². The Morgan fingerprint density at radius 3 is 2.03 bits per heavy atom. The summed E-state index contributed by atoms with van der Waals surface area (Å²) in [4.78, 5) is 34.9. The first-order valence-corrected chi connectivity index (χ1v) is 10.7. The molecule has 0 saturated carbocycles. The normalized spacial score (nSPS) is 10.3. The molecule has 3 N–H and O–H groups in total. The third-order valence-electron chi connectivity index (χ3n) is 5.24. The second kappa shape index (κ2) is 11.0. The van der Waals surface area contributed by atoms with Gasteiger partial charge in [-0.3, -0.25) is 9.59 Å². The molecule has 0 saturated heterocycles. The highest BCUT2D eigenvalue weighted by atomic mass is 16.5. The monoisotopic (exact) mass is 458 g/mol. The van der Waals surface area contributed by atoms with Crippen LogP contribution in [0.1, 0.15) is 27.2 Å². The number of aliphatic carboxylic acids is 1. The molecule has 7 nitrogen and oxygen atoms in total. The first-order chi connectivity index (χ1) is 16.3. The summed E-state index contributed by atoms with van der Waals surface area (Å²) in [5.41, 5.74) is 8.91. The molecule has 174 valence electrons. The van der Waals surface area contributed by atoms with Gasteiger partial charge >= 0.3 is 5.97 Å². The van der Waals surface area contributed by atoms with Crippen molar-refractivity contribution in [1.82, 2.24) is 4.57 Å². The van der Waals surface area contributed by atoms with Crippen molar-refractivity contribution in [1.29, 1.82) is 0 Å². The minimum atomic E-state index is -1.14. The van der Waals surface area contributed by atoms with Crippen molar-refractivity contribution < 1.29 is 24.2 Å². The van der Waals surface area contributed by atoms with Crippen LogP contribution in [0.2, 0.25) is 0 Å². The van der Waals surface area contributed by atoms with Crippen LogP contribution in [0.3, 0.4) is 0 Å². The number of hydrogen-bond donors (Lipinski definition) is 2. The smallest absolute Gasteiger partial charge is 0.341 e. The van der Waals surface area contributed by atoms with Gasteiger partial charge in [-0.05, 0) is 31.5 Å². The van der Waals surface area contributed by atoms with Gasteiger partial charge in [-0.2, -0.15) is 0 Å². The zero-order chi connectivity index (χ0) is 24.7. The molecule has 0 radical (unpaired) electrons. The molecule has 0 unspecified atom stereocenters. The molecule has 1 amide bonds. The van der Waals surface area contributed by atoms with Crippen molar-refractivity contribution in [3.05, 3.63) is 101 Å². The lowest BCUT2D eigenvalue weighted by atomic mass is 10.1. The predicted molar refractivity (Wildman–Crippen MR) is 130 cm³/mol. The number of amides is 1. The summed E-state index contributed by atoms with van der Waals surface area (Å²) in [7, 11) is 0. The Balaban J connectivity index is 0.000000396. The molecule has 0 spiro atoms. The van der Waals surface area contributed by atoms with E-state index in [1.807, 2.05) is 53.1 Å². The van der Waals surface area contributed by atoms with Gasteiger partial charge in [-0.15, -0.1) is 0 Å². The number of carbonyl (C=O) groups is 3.